The number of rotatable bonds is 5. The van der Waals surface area contributed by atoms with Crippen LogP contribution in [0, 0.1) is 5.82 Å². The lowest BCUT2D eigenvalue weighted by molar-refractivity contribution is 0.0937. The molecule has 0 aliphatic rings. The van der Waals surface area contributed by atoms with Crippen molar-refractivity contribution in [2.75, 3.05) is 0 Å². The maximum Gasteiger partial charge on any atom is 0.272 e. The number of hydrogen-bond donors (Lipinski definition) is 1. The minimum atomic E-state index is -0.406. The van der Waals surface area contributed by atoms with Gasteiger partial charge in [0.1, 0.15) is 5.82 Å². The quantitative estimate of drug-likeness (QED) is 0.560. The van der Waals surface area contributed by atoms with Crippen LogP contribution in [0.4, 0.5) is 4.39 Å². The SMILES string of the molecule is O=C(NC(c1ccccc1)c1ccc(F)cc1)c1ccn(-c2ccccc2)n1. The number of aromatic nitrogens is 2. The molecule has 5 heteroatoms. The molecule has 3 aromatic carbocycles. The Labute approximate surface area is 162 Å². The lowest BCUT2D eigenvalue weighted by Gasteiger charge is -2.19. The molecule has 0 saturated heterocycles. The van der Waals surface area contributed by atoms with Crippen molar-refractivity contribution in [2.24, 2.45) is 0 Å². The Morgan fingerprint density at radius 1 is 0.821 bits per heavy atom. The molecule has 1 heterocycles. The molecule has 1 unspecified atom stereocenters. The summed E-state index contributed by atoms with van der Waals surface area (Å²) in [6.07, 6.45) is 1.75. The zero-order valence-electron chi connectivity index (χ0n) is 15.0. The van der Waals surface area contributed by atoms with Gasteiger partial charge in [0.25, 0.3) is 5.91 Å². The first kappa shape index (κ1) is 17.7. The third kappa shape index (κ3) is 3.83. The number of para-hydroxylation sites is 1. The van der Waals surface area contributed by atoms with Gasteiger partial charge in [-0.3, -0.25) is 4.79 Å². The third-order valence-electron chi connectivity index (χ3n) is 4.45. The molecule has 4 rings (SSSR count). The number of halogens is 1. The lowest BCUT2D eigenvalue weighted by Crippen LogP contribution is -2.29. The molecule has 0 aliphatic carbocycles. The van der Waals surface area contributed by atoms with Crippen molar-refractivity contribution in [1.82, 2.24) is 15.1 Å². The topological polar surface area (TPSA) is 46.9 Å². The van der Waals surface area contributed by atoms with Crippen LogP contribution in [0.3, 0.4) is 0 Å². The van der Waals surface area contributed by atoms with E-state index in [4.69, 9.17) is 0 Å². The molecule has 0 aliphatic heterocycles. The predicted octanol–water partition coefficient (Wildman–Crippen LogP) is 4.53. The summed E-state index contributed by atoms with van der Waals surface area (Å²) in [5, 5.41) is 7.39. The minimum absolute atomic E-state index is 0.298. The van der Waals surface area contributed by atoms with Crippen LogP contribution in [-0.4, -0.2) is 15.7 Å². The molecule has 4 aromatic rings. The first-order chi connectivity index (χ1) is 13.7. The van der Waals surface area contributed by atoms with Gasteiger partial charge < -0.3 is 5.32 Å². The van der Waals surface area contributed by atoms with E-state index in [0.717, 1.165) is 16.8 Å². The van der Waals surface area contributed by atoms with Crippen molar-refractivity contribution in [3.05, 3.63) is 120 Å². The van der Waals surface area contributed by atoms with Crippen LogP contribution in [0.25, 0.3) is 5.69 Å². The van der Waals surface area contributed by atoms with Crippen LogP contribution >= 0.6 is 0 Å². The number of amides is 1. The monoisotopic (exact) mass is 371 g/mol. The van der Waals surface area contributed by atoms with Gasteiger partial charge in [0.05, 0.1) is 11.7 Å². The highest BCUT2D eigenvalue weighted by Crippen LogP contribution is 2.23. The molecule has 0 saturated carbocycles. The van der Waals surface area contributed by atoms with Gasteiger partial charge in [-0.15, -0.1) is 0 Å². The molecule has 1 aromatic heterocycles. The molecule has 1 atom stereocenters. The maximum absolute atomic E-state index is 13.3. The summed E-state index contributed by atoms with van der Waals surface area (Å²) in [5.41, 5.74) is 2.89. The van der Waals surface area contributed by atoms with Crippen molar-refractivity contribution in [1.29, 1.82) is 0 Å². The van der Waals surface area contributed by atoms with Gasteiger partial charge in [0.15, 0.2) is 5.69 Å². The summed E-state index contributed by atoms with van der Waals surface area (Å²) >= 11 is 0. The van der Waals surface area contributed by atoms with E-state index in [-0.39, 0.29) is 11.7 Å². The Bertz CT molecular complexity index is 1060. The van der Waals surface area contributed by atoms with E-state index in [1.807, 2.05) is 60.7 Å². The highest BCUT2D eigenvalue weighted by atomic mass is 19.1. The second-order valence-electron chi connectivity index (χ2n) is 6.35. The summed E-state index contributed by atoms with van der Waals surface area (Å²) < 4.78 is 15.0. The molecular weight excluding hydrogens is 353 g/mol. The fourth-order valence-electron chi connectivity index (χ4n) is 3.03. The Hall–Kier alpha value is -3.73. The smallest absolute Gasteiger partial charge is 0.272 e. The highest BCUT2D eigenvalue weighted by molar-refractivity contribution is 5.92. The summed E-state index contributed by atoms with van der Waals surface area (Å²) in [4.78, 5) is 12.9. The van der Waals surface area contributed by atoms with Crippen LogP contribution in [0.2, 0.25) is 0 Å². The van der Waals surface area contributed by atoms with Gasteiger partial charge in [-0.1, -0.05) is 60.7 Å². The van der Waals surface area contributed by atoms with Crippen molar-refractivity contribution < 1.29 is 9.18 Å². The Morgan fingerprint density at radius 3 is 2.11 bits per heavy atom. The standard InChI is InChI=1S/C23H18FN3O/c24-19-13-11-18(12-14-19)22(17-7-3-1-4-8-17)25-23(28)21-15-16-27(26-21)20-9-5-2-6-10-20/h1-16,22H,(H,25,28). The van der Waals surface area contributed by atoms with Gasteiger partial charge in [-0.05, 0) is 41.5 Å². The zero-order valence-corrected chi connectivity index (χ0v) is 15.0. The number of benzene rings is 3. The fraction of sp³-hybridized carbons (Fsp3) is 0.0435. The third-order valence-corrected chi connectivity index (χ3v) is 4.45. The van der Waals surface area contributed by atoms with Gasteiger partial charge in [-0.25, -0.2) is 9.07 Å². The summed E-state index contributed by atoms with van der Waals surface area (Å²) in [7, 11) is 0. The van der Waals surface area contributed by atoms with Crippen LogP contribution < -0.4 is 5.32 Å². The van der Waals surface area contributed by atoms with Crippen molar-refractivity contribution in [2.45, 2.75) is 6.04 Å². The molecule has 4 nitrogen and oxygen atoms in total. The van der Waals surface area contributed by atoms with Gasteiger partial charge >= 0.3 is 0 Å². The van der Waals surface area contributed by atoms with E-state index >= 15 is 0 Å². The Balaban J connectivity index is 1.61. The number of carbonyl (C=O) groups excluding carboxylic acids is 1. The normalized spacial score (nSPS) is 11.8. The summed E-state index contributed by atoms with van der Waals surface area (Å²) in [5.74, 6) is -0.614. The number of nitrogens with one attached hydrogen (secondary N) is 1. The first-order valence-corrected chi connectivity index (χ1v) is 8.93. The highest BCUT2D eigenvalue weighted by Gasteiger charge is 2.19. The molecule has 0 bridgehead atoms. The molecule has 0 spiro atoms. The summed E-state index contributed by atoms with van der Waals surface area (Å²) in [6, 6.07) is 26.6. The van der Waals surface area contributed by atoms with E-state index in [0.29, 0.717) is 5.69 Å². The molecule has 28 heavy (non-hydrogen) atoms. The van der Waals surface area contributed by atoms with Crippen LogP contribution in [-0.2, 0) is 0 Å². The van der Waals surface area contributed by atoms with Crippen molar-refractivity contribution in [3.63, 3.8) is 0 Å². The molecule has 0 fully saturated rings. The Kier molecular flexibility index (Phi) is 4.97. The van der Waals surface area contributed by atoms with Gasteiger partial charge in [0.2, 0.25) is 0 Å². The van der Waals surface area contributed by atoms with E-state index in [1.165, 1.54) is 12.1 Å². The second kappa shape index (κ2) is 7.88. The zero-order chi connectivity index (χ0) is 19.3. The van der Waals surface area contributed by atoms with Gasteiger partial charge in [0, 0.05) is 6.20 Å². The van der Waals surface area contributed by atoms with E-state index in [9.17, 15) is 9.18 Å². The van der Waals surface area contributed by atoms with E-state index in [2.05, 4.69) is 10.4 Å². The summed E-state index contributed by atoms with van der Waals surface area (Å²) in [6.45, 7) is 0. The number of nitrogens with zero attached hydrogens (tertiary/aromatic N) is 2. The molecule has 0 radical (unpaired) electrons. The maximum atomic E-state index is 13.3. The number of carbonyl (C=O) groups is 1. The fourth-order valence-corrected chi connectivity index (χ4v) is 3.03. The predicted molar refractivity (Wildman–Crippen MR) is 106 cm³/mol. The molecular formula is C23H18FN3O. The largest absolute Gasteiger partial charge is 0.340 e. The Morgan fingerprint density at radius 2 is 1.43 bits per heavy atom. The van der Waals surface area contributed by atoms with Crippen LogP contribution in [0.1, 0.15) is 27.7 Å². The van der Waals surface area contributed by atoms with Crippen molar-refractivity contribution in [3.8, 4) is 5.69 Å². The van der Waals surface area contributed by atoms with Crippen LogP contribution in [0.15, 0.2) is 97.2 Å². The molecule has 1 amide bonds. The lowest BCUT2D eigenvalue weighted by atomic mass is 9.98. The van der Waals surface area contributed by atoms with Crippen molar-refractivity contribution >= 4 is 5.91 Å². The minimum Gasteiger partial charge on any atom is -0.340 e. The molecule has 138 valence electrons. The average molecular weight is 371 g/mol. The average Bonchev–Trinajstić information content (AvgIpc) is 3.24. The number of hydrogen-bond acceptors (Lipinski definition) is 2. The second-order valence-corrected chi connectivity index (χ2v) is 6.35. The van der Waals surface area contributed by atoms with Crippen LogP contribution in [0.5, 0.6) is 0 Å². The van der Waals surface area contributed by atoms with E-state index in [1.54, 1.807) is 29.1 Å². The molecule has 1 N–H and O–H groups in total. The van der Waals surface area contributed by atoms with E-state index < -0.39 is 6.04 Å². The first-order valence-electron chi connectivity index (χ1n) is 8.93. The van der Waals surface area contributed by atoms with Gasteiger partial charge in [-0.2, -0.15) is 5.10 Å².